The summed E-state index contributed by atoms with van der Waals surface area (Å²) in [6.45, 7) is 4.85. The first-order valence-electron chi connectivity index (χ1n) is 9.34. The normalized spacial score (nSPS) is 18.9. The molecule has 0 aliphatic carbocycles. The number of piperidine rings is 1. The fourth-order valence-corrected chi connectivity index (χ4v) is 3.56. The molecular formula is C20H19N5O4. The van der Waals surface area contributed by atoms with Gasteiger partial charge in [-0.05, 0) is 31.0 Å². The molecule has 0 saturated carbocycles. The third kappa shape index (κ3) is 3.25. The number of anilines is 4. The smallest absolute Gasteiger partial charge is 0.290 e. The number of furan rings is 1. The van der Waals surface area contributed by atoms with Crippen LogP contribution in [0.4, 0.5) is 23.1 Å². The molecule has 1 unspecified atom stereocenters. The fourth-order valence-electron chi connectivity index (χ4n) is 3.56. The van der Waals surface area contributed by atoms with Crippen LogP contribution < -0.4 is 20.3 Å². The van der Waals surface area contributed by atoms with E-state index in [1.54, 1.807) is 30.5 Å². The number of ether oxygens (including phenoxy) is 1. The Labute approximate surface area is 166 Å². The lowest BCUT2D eigenvalue weighted by Crippen LogP contribution is -2.38. The number of aliphatic hydroxyl groups is 1. The third-order valence-electron chi connectivity index (χ3n) is 4.95. The Bertz CT molecular complexity index is 1130. The highest BCUT2D eigenvalue weighted by Gasteiger charge is 2.24. The van der Waals surface area contributed by atoms with E-state index in [1.807, 2.05) is 4.90 Å². The van der Waals surface area contributed by atoms with E-state index in [4.69, 9.17) is 9.15 Å². The molecule has 2 aliphatic heterocycles. The topological polar surface area (TPSA) is 113 Å². The number of carbonyl (C=O) groups excluding carboxylic acids is 1. The van der Waals surface area contributed by atoms with E-state index in [-0.39, 0.29) is 17.8 Å². The standard InChI is InChI=1S/C20H19N5O4/c1-11-19(27)22-15-9-12(4-5-16(15)29-11)21-20-23-14-6-8-28-17(14)18(24-20)25-7-2-3-13(26)10-25/h4-6,8-9,13,26H,1-3,7,10H2,(H,22,27)(H,21,23,24). The summed E-state index contributed by atoms with van der Waals surface area (Å²) >= 11 is 0. The van der Waals surface area contributed by atoms with E-state index in [0.29, 0.717) is 46.5 Å². The minimum atomic E-state index is -0.390. The van der Waals surface area contributed by atoms with Crippen molar-refractivity contribution in [2.24, 2.45) is 0 Å². The second-order valence-electron chi connectivity index (χ2n) is 7.06. The van der Waals surface area contributed by atoms with Crippen LogP contribution in [-0.4, -0.2) is 40.2 Å². The number of benzene rings is 1. The second kappa shape index (κ2) is 6.78. The summed E-state index contributed by atoms with van der Waals surface area (Å²) in [5.74, 6) is 1.24. The van der Waals surface area contributed by atoms with Crippen molar-refractivity contribution in [1.29, 1.82) is 0 Å². The van der Waals surface area contributed by atoms with Gasteiger partial charge in [0.2, 0.25) is 5.95 Å². The number of rotatable bonds is 3. The number of aliphatic hydroxyl groups excluding tert-OH is 1. The number of hydrogen-bond donors (Lipinski definition) is 3. The molecule has 3 aromatic rings. The predicted octanol–water partition coefficient (Wildman–Crippen LogP) is 2.77. The van der Waals surface area contributed by atoms with E-state index in [1.165, 1.54) is 0 Å². The average Bonchev–Trinajstić information content (AvgIpc) is 3.17. The number of fused-ring (bicyclic) bond motifs is 2. The highest BCUT2D eigenvalue weighted by molar-refractivity contribution is 6.05. The first-order chi connectivity index (χ1) is 14.1. The Morgan fingerprint density at radius 2 is 2.21 bits per heavy atom. The molecule has 0 spiro atoms. The lowest BCUT2D eigenvalue weighted by Gasteiger charge is -2.31. The van der Waals surface area contributed by atoms with Crippen molar-refractivity contribution in [3.05, 3.63) is 42.9 Å². The highest BCUT2D eigenvalue weighted by Crippen LogP contribution is 2.34. The minimum Gasteiger partial charge on any atom is -0.459 e. The number of hydrogen-bond acceptors (Lipinski definition) is 8. The van der Waals surface area contributed by atoms with Crippen LogP contribution >= 0.6 is 0 Å². The van der Waals surface area contributed by atoms with Crippen molar-refractivity contribution in [2.45, 2.75) is 18.9 Å². The average molecular weight is 393 g/mol. The first-order valence-corrected chi connectivity index (χ1v) is 9.34. The Morgan fingerprint density at radius 1 is 1.31 bits per heavy atom. The Balaban J connectivity index is 1.47. The highest BCUT2D eigenvalue weighted by atomic mass is 16.5. The van der Waals surface area contributed by atoms with Gasteiger partial charge in [-0.15, -0.1) is 0 Å². The number of nitrogens with zero attached hydrogens (tertiary/aromatic N) is 3. The molecule has 1 aromatic carbocycles. The summed E-state index contributed by atoms with van der Waals surface area (Å²) in [5.41, 5.74) is 2.49. The van der Waals surface area contributed by atoms with Crippen molar-refractivity contribution in [3.63, 3.8) is 0 Å². The van der Waals surface area contributed by atoms with Gasteiger partial charge in [-0.25, -0.2) is 4.98 Å². The maximum absolute atomic E-state index is 11.8. The molecule has 1 fully saturated rings. The van der Waals surface area contributed by atoms with Gasteiger partial charge in [-0.3, -0.25) is 4.79 Å². The molecule has 1 saturated heterocycles. The Hall–Kier alpha value is -3.59. The quantitative estimate of drug-likeness (QED) is 0.582. The minimum absolute atomic E-state index is 0.0558. The van der Waals surface area contributed by atoms with Crippen molar-refractivity contribution >= 4 is 40.1 Å². The molecule has 9 nitrogen and oxygen atoms in total. The molecule has 2 aliphatic rings. The number of aromatic nitrogens is 2. The van der Waals surface area contributed by atoms with Crippen LogP contribution in [0.3, 0.4) is 0 Å². The van der Waals surface area contributed by atoms with Gasteiger partial charge in [-0.2, -0.15) is 4.98 Å². The molecule has 9 heteroatoms. The zero-order valence-electron chi connectivity index (χ0n) is 15.5. The fraction of sp³-hybridized carbons (Fsp3) is 0.250. The van der Waals surface area contributed by atoms with Crippen LogP contribution in [0.15, 0.2) is 47.3 Å². The van der Waals surface area contributed by atoms with Crippen LogP contribution in [0.2, 0.25) is 0 Å². The Kier molecular flexibility index (Phi) is 4.09. The monoisotopic (exact) mass is 393 g/mol. The van der Waals surface area contributed by atoms with Gasteiger partial charge < -0.3 is 29.8 Å². The maximum Gasteiger partial charge on any atom is 0.290 e. The van der Waals surface area contributed by atoms with Gasteiger partial charge in [0, 0.05) is 24.8 Å². The van der Waals surface area contributed by atoms with E-state index >= 15 is 0 Å². The summed E-state index contributed by atoms with van der Waals surface area (Å²) < 4.78 is 11.0. The number of nitrogens with one attached hydrogen (secondary N) is 2. The van der Waals surface area contributed by atoms with Crippen LogP contribution in [0, 0.1) is 0 Å². The third-order valence-corrected chi connectivity index (χ3v) is 4.95. The molecule has 29 heavy (non-hydrogen) atoms. The van der Waals surface area contributed by atoms with Gasteiger partial charge in [0.05, 0.1) is 18.1 Å². The van der Waals surface area contributed by atoms with E-state index in [0.717, 1.165) is 19.4 Å². The predicted molar refractivity (Wildman–Crippen MR) is 107 cm³/mol. The summed E-state index contributed by atoms with van der Waals surface area (Å²) in [6, 6.07) is 7.06. The zero-order valence-corrected chi connectivity index (χ0v) is 15.5. The van der Waals surface area contributed by atoms with Crippen LogP contribution in [-0.2, 0) is 4.79 Å². The van der Waals surface area contributed by atoms with Crippen molar-refractivity contribution < 1.29 is 19.1 Å². The molecule has 0 bridgehead atoms. The van der Waals surface area contributed by atoms with Gasteiger partial charge >= 0.3 is 0 Å². The molecule has 3 N–H and O–H groups in total. The number of amides is 1. The van der Waals surface area contributed by atoms with Gasteiger partial charge in [0.25, 0.3) is 5.91 Å². The lowest BCUT2D eigenvalue weighted by molar-refractivity contribution is -0.115. The second-order valence-corrected chi connectivity index (χ2v) is 7.06. The van der Waals surface area contributed by atoms with Crippen molar-refractivity contribution in [1.82, 2.24) is 9.97 Å². The molecule has 1 atom stereocenters. The summed E-state index contributed by atoms with van der Waals surface area (Å²) in [5, 5.41) is 15.9. The SMILES string of the molecule is C=C1Oc2ccc(Nc3nc(N4CCCC(O)C4)c4occc4n3)cc2NC1=O. The summed E-state index contributed by atoms with van der Waals surface area (Å²) in [4.78, 5) is 22.9. The number of β-amino-alcohol motifs (C(OH)–C–C–N with tert-alkyl or cyclic N) is 1. The van der Waals surface area contributed by atoms with Crippen molar-refractivity contribution in [2.75, 3.05) is 28.6 Å². The largest absolute Gasteiger partial charge is 0.459 e. The van der Waals surface area contributed by atoms with Crippen molar-refractivity contribution in [3.8, 4) is 5.75 Å². The zero-order chi connectivity index (χ0) is 20.0. The van der Waals surface area contributed by atoms with E-state index < -0.39 is 0 Å². The maximum atomic E-state index is 11.8. The summed E-state index contributed by atoms with van der Waals surface area (Å²) in [7, 11) is 0. The number of carbonyl (C=O) groups is 1. The molecule has 5 rings (SSSR count). The van der Waals surface area contributed by atoms with Crippen LogP contribution in [0.25, 0.3) is 11.1 Å². The van der Waals surface area contributed by atoms with Gasteiger partial charge in [0.1, 0.15) is 5.52 Å². The molecule has 1 amide bonds. The molecule has 148 valence electrons. The molecular weight excluding hydrogens is 374 g/mol. The summed E-state index contributed by atoms with van der Waals surface area (Å²) in [6.07, 6.45) is 2.85. The first kappa shape index (κ1) is 17.5. The van der Waals surface area contributed by atoms with Crippen LogP contribution in [0.5, 0.6) is 5.75 Å². The van der Waals surface area contributed by atoms with Gasteiger partial charge in [-0.1, -0.05) is 6.58 Å². The lowest BCUT2D eigenvalue weighted by atomic mass is 10.1. The van der Waals surface area contributed by atoms with E-state index in [2.05, 4.69) is 27.2 Å². The molecule has 0 radical (unpaired) electrons. The molecule has 4 heterocycles. The van der Waals surface area contributed by atoms with Crippen LogP contribution in [0.1, 0.15) is 12.8 Å². The van der Waals surface area contributed by atoms with Gasteiger partial charge in [0.15, 0.2) is 22.9 Å². The Morgan fingerprint density at radius 3 is 3.07 bits per heavy atom. The van der Waals surface area contributed by atoms with E-state index in [9.17, 15) is 9.90 Å². The molecule has 2 aromatic heterocycles.